The molecular formula is C10H12F4S. The second kappa shape index (κ2) is 3.68. The van der Waals surface area contributed by atoms with Crippen molar-refractivity contribution < 1.29 is 17.6 Å². The lowest BCUT2D eigenvalue weighted by atomic mass is 9.88. The summed E-state index contributed by atoms with van der Waals surface area (Å²) in [6, 6.07) is 0. The minimum atomic E-state index is -3.88. The van der Waals surface area contributed by atoms with Crippen molar-refractivity contribution in [1.29, 1.82) is 0 Å². The maximum absolute atomic E-state index is 13.4. The number of allylic oxidation sites excluding steroid dienone is 2. The third kappa shape index (κ3) is 1.79. The molecule has 5 heteroatoms. The molecule has 0 bridgehead atoms. The highest BCUT2D eigenvalue weighted by Crippen LogP contribution is 2.60. The van der Waals surface area contributed by atoms with E-state index in [1.54, 1.807) is 0 Å². The van der Waals surface area contributed by atoms with Gasteiger partial charge in [-0.2, -0.15) is 17.6 Å². The second-order valence-corrected chi connectivity index (χ2v) is 5.38. The van der Waals surface area contributed by atoms with Gasteiger partial charge in [0.2, 0.25) is 0 Å². The number of halogens is 4. The van der Waals surface area contributed by atoms with E-state index in [2.05, 4.69) is 0 Å². The Hall–Kier alpha value is -0.190. The van der Waals surface area contributed by atoms with Crippen LogP contribution in [0.3, 0.4) is 0 Å². The van der Waals surface area contributed by atoms with E-state index in [4.69, 9.17) is 0 Å². The molecule has 2 atom stereocenters. The molecule has 1 aliphatic heterocycles. The van der Waals surface area contributed by atoms with Crippen molar-refractivity contribution in [3.8, 4) is 0 Å². The zero-order chi connectivity index (χ0) is 11.1. The summed E-state index contributed by atoms with van der Waals surface area (Å²) in [5, 5.41) is -4.48. The number of rotatable bonds is 0. The topological polar surface area (TPSA) is 0 Å². The van der Waals surface area contributed by atoms with Crippen LogP contribution >= 0.6 is 11.8 Å². The number of fused-ring (bicyclic) bond motifs is 1. The molecule has 1 fully saturated rings. The Labute approximate surface area is 90.1 Å². The fourth-order valence-corrected chi connectivity index (χ4v) is 3.61. The van der Waals surface area contributed by atoms with Gasteiger partial charge >= 0.3 is 11.2 Å². The fraction of sp³-hybridized carbons (Fsp3) is 0.800. The Morgan fingerprint density at radius 1 is 1.00 bits per heavy atom. The molecule has 0 radical (unpaired) electrons. The molecule has 0 spiro atoms. The summed E-state index contributed by atoms with van der Waals surface area (Å²) < 4.78 is 52.9. The zero-order valence-corrected chi connectivity index (χ0v) is 8.87. The normalized spacial score (nSPS) is 40.3. The van der Waals surface area contributed by atoms with Crippen LogP contribution < -0.4 is 0 Å². The molecular weight excluding hydrogens is 228 g/mol. The molecule has 2 aliphatic rings. The fourth-order valence-electron chi connectivity index (χ4n) is 2.20. The molecule has 0 unspecified atom stereocenters. The van der Waals surface area contributed by atoms with Crippen molar-refractivity contribution in [3.05, 3.63) is 12.2 Å². The van der Waals surface area contributed by atoms with Gasteiger partial charge in [-0.25, -0.2) is 0 Å². The smallest absolute Gasteiger partial charge is 0.198 e. The molecule has 0 aromatic carbocycles. The summed E-state index contributed by atoms with van der Waals surface area (Å²) in [5.41, 5.74) is 0. The molecule has 0 nitrogen and oxygen atoms in total. The quantitative estimate of drug-likeness (QED) is 0.454. The number of alkyl halides is 4. The predicted octanol–water partition coefficient (Wildman–Crippen LogP) is 4.08. The van der Waals surface area contributed by atoms with Gasteiger partial charge in [-0.15, -0.1) is 0 Å². The first-order chi connectivity index (χ1) is 6.95. The van der Waals surface area contributed by atoms with Crippen LogP contribution in [0.15, 0.2) is 12.2 Å². The van der Waals surface area contributed by atoms with Gasteiger partial charge in [0.15, 0.2) is 0 Å². The molecule has 0 N–H and O–H groups in total. The van der Waals surface area contributed by atoms with Crippen molar-refractivity contribution in [2.75, 3.05) is 0 Å². The molecule has 0 saturated carbocycles. The molecule has 1 aliphatic carbocycles. The molecule has 0 aromatic heterocycles. The molecule has 2 rings (SSSR count). The van der Waals surface area contributed by atoms with E-state index in [-0.39, 0.29) is 18.2 Å². The Bertz CT molecular complexity index is 275. The van der Waals surface area contributed by atoms with Crippen LogP contribution in [0.5, 0.6) is 0 Å². The van der Waals surface area contributed by atoms with Crippen molar-refractivity contribution in [2.24, 2.45) is 5.92 Å². The van der Waals surface area contributed by atoms with E-state index in [1.165, 1.54) is 0 Å². The summed E-state index contributed by atoms with van der Waals surface area (Å²) in [4.78, 5) is 0. The summed E-state index contributed by atoms with van der Waals surface area (Å²) >= 11 is 0.164. The monoisotopic (exact) mass is 240 g/mol. The summed E-state index contributed by atoms with van der Waals surface area (Å²) in [7, 11) is 0. The van der Waals surface area contributed by atoms with E-state index < -0.39 is 22.3 Å². The highest BCUT2D eigenvalue weighted by molar-refractivity contribution is 8.01. The van der Waals surface area contributed by atoms with Crippen molar-refractivity contribution >= 4 is 11.8 Å². The van der Waals surface area contributed by atoms with Gasteiger partial charge in [-0.05, 0) is 25.7 Å². The Morgan fingerprint density at radius 3 is 2.27 bits per heavy atom. The van der Waals surface area contributed by atoms with E-state index in [0.717, 1.165) is 0 Å². The first-order valence-electron chi connectivity index (χ1n) is 5.03. The van der Waals surface area contributed by atoms with Gasteiger partial charge < -0.3 is 0 Å². The van der Waals surface area contributed by atoms with Gasteiger partial charge in [0.1, 0.15) is 0 Å². The number of hydrogen-bond acceptors (Lipinski definition) is 1. The molecule has 0 aromatic rings. The van der Waals surface area contributed by atoms with Gasteiger partial charge in [0.25, 0.3) is 0 Å². The standard InChI is InChI=1S/C10H12F4S/c11-9(12)7-5-3-1-2-4-6-8(7)15-10(9,13)14/h1-2,7-8H,3-6H2/b2-1+/t7-,8-/m1/s1. The first kappa shape index (κ1) is 11.3. The van der Waals surface area contributed by atoms with E-state index >= 15 is 0 Å². The summed E-state index contributed by atoms with van der Waals surface area (Å²) in [5.74, 6) is -5.00. The van der Waals surface area contributed by atoms with Gasteiger partial charge in [0.05, 0.1) is 0 Å². The van der Waals surface area contributed by atoms with Crippen molar-refractivity contribution in [1.82, 2.24) is 0 Å². The summed E-state index contributed by atoms with van der Waals surface area (Å²) in [6.07, 6.45) is 5.40. The Balaban J connectivity index is 2.23. The second-order valence-electron chi connectivity index (χ2n) is 4.03. The van der Waals surface area contributed by atoms with Crippen LogP contribution in [0.4, 0.5) is 17.6 Å². The lowest BCUT2D eigenvalue weighted by molar-refractivity contribution is -0.175. The third-order valence-corrected chi connectivity index (χ3v) is 4.47. The third-order valence-electron chi connectivity index (χ3n) is 3.03. The zero-order valence-electron chi connectivity index (χ0n) is 8.06. The van der Waals surface area contributed by atoms with Crippen LogP contribution in [-0.4, -0.2) is 16.4 Å². The lowest BCUT2D eigenvalue weighted by Gasteiger charge is -2.24. The van der Waals surface area contributed by atoms with Crippen LogP contribution in [-0.2, 0) is 0 Å². The lowest BCUT2D eigenvalue weighted by Crippen LogP contribution is -2.39. The summed E-state index contributed by atoms with van der Waals surface area (Å²) in [6.45, 7) is 0. The minimum absolute atomic E-state index is 0.163. The van der Waals surface area contributed by atoms with E-state index in [0.29, 0.717) is 19.3 Å². The predicted molar refractivity (Wildman–Crippen MR) is 52.4 cm³/mol. The van der Waals surface area contributed by atoms with Gasteiger partial charge in [-0.3, -0.25) is 0 Å². The highest BCUT2D eigenvalue weighted by Gasteiger charge is 2.69. The molecule has 0 amide bonds. The first-order valence-corrected chi connectivity index (χ1v) is 5.91. The van der Waals surface area contributed by atoms with Crippen LogP contribution in [0, 0.1) is 5.92 Å². The number of hydrogen-bond donors (Lipinski definition) is 0. The Kier molecular flexibility index (Phi) is 2.77. The average Bonchev–Trinajstić information content (AvgIpc) is 2.22. The van der Waals surface area contributed by atoms with Crippen molar-refractivity contribution in [2.45, 2.75) is 42.1 Å². The SMILES string of the molecule is FC1(F)S[C@@H]2CC/C=C/CC[C@H]2C1(F)F. The largest absolute Gasteiger partial charge is 0.356 e. The van der Waals surface area contributed by atoms with Gasteiger partial charge in [-0.1, -0.05) is 23.9 Å². The van der Waals surface area contributed by atoms with E-state index in [9.17, 15) is 17.6 Å². The molecule has 1 heterocycles. The van der Waals surface area contributed by atoms with Crippen molar-refractivity contribution in [3.63, 3.8) is 0 Å². The number of thioether (sulfide) groups is 1. The highest BCUT2D eigenvalue weighted by atomic mass is 32.2. The van der Waals surface area contributed by atoms with E-state index in [1.807, 2.05) is 12.2 Å². The molecule has 1 saturated heterocycles. The molecule has 86 valence electrons. The minimum Gasteiger partial charge on any atom is -0.198 e. The molecule has 15 heavy (non-hydrogen) atoms. The maximum Gasteiger partial charge on any atom is 0.356 e. The van der Waals surface area contributed by atoms with Crippen LogP contribution in [0.2, 0.25) is 0 Å². The average molecular weight is 240 g/mol. The van der Waals surface area contributed by atoms with Gasteiger partial charge in [0, 0.05) is 11.2 Å². The maximum atomic E-state index is 13.4. The Morgan fingerprint density at radius 2 is 1.60 bits per heavy atom. The van der Waals surface area contributed by atoms with Crippen LogP contribution in [0.25, 0.3) is 0 Å². The van der Waals surface area contributed by atoms with Crippen LogP contribution in [0.1, 0.15) is 25.7 Å².